The lowest BCUT2D eigenvalue weighted by atomic mass is 10.1. The highest BCUT2D eigenvalue weighted by atomic mass is 35.5. The predicted octanol–water partition coefficient (Wildman–Crippen LogP) is 3.57. The number of unbranched alkanes of at least 4 members (excludes halogenated alkanes) is 1. The van der Waals surface area contributed by atoms with Crippen molar-refractivity contribution >= 4 is 36.6 Å². The Morgan fingerprint density at radius 1 is 1.24 bits per heavy atom. The van der Waals surface area contributed by atoms with E-state index in [1.54, 1.807) is 0 Å². The molecule has 0 unspecified atom stereocenters. The summed E-state index contributed by atoms with van der Waals surface area (Å²) in [5.74, 6) is 1.61. The van der Waals surface area contributed by atoms with Crippen molar-refractivity contribution in [3.05, 3.63) is 29.3 Å². The van der Waals surface area contributed by atoms with E-state index in [0.717, 1.165) is 42.4 Å². The average Bonchev–Trinajstić information content (AvgIpc) is 2.31. The first-order valence-corrected chi connectivity index (χ1v) is 6.48. The molecule has 0 aromatic heterocycles. The number of ether oxygens (including phenoxy) is 1. The quantitative estimate of drug-likeness (QED) is 0.596. The number of nitrogens with two attached hydrogens (primary N) is 1. The highest BCUT2D eigenvalue weighted by Gasteiger charge is 1.99. The lowest BCUT2D eigenvalue weighted by Crippen LogP contribution is -2.21. The lowest BCUT2D eigenvalue weighted by Gasteiger charge is -2.08. The fourth-order valence-corrected chi connectivity index (χ4v) is 1.63. The highest BCUT2D eigenvalue weighted by Crippen LogP contribution is 2.15. The minimum Gasteiger partial charge on any atom is -0.494 e. The first-order chi connectivity index (χ1) is 7.72. The van der Waals surface area contributed by atoms with Crippen molar-refractivity contribution in [3.63, 3.8) is 0 Å². The molecule has 0 saturated heterocycles. The van der Waals surface area contributed by atoms with Gasteiger partial charge in [0.05, 0.1) is 6.61 Å². The Labute approximate surface area is 120 Å². The predicted molar refractivity (Wildman–Crippen MR) is 79.9 cm³/mol. The summed E-state index contributed by atoms with van der Waals surface area (Å²) < 4.78 is 5.56. The zero-order valence-electron chi connectivity index (χ0n) is 9.64. The van der Waals surface area contributed by atoms with Crippen LogP contribution in [0.4, 0.5) is 0 Å². The molecule has 1 rings (SSSR count). The summed E-state index contributed by atoms with van der Waals surface area (Å²) in [5.41, 5.74) is 5.75. The normalized spacial score (nSPS) is 11.7. The Balaban J connectivity index is 0.00000256. The number of thiol groups is 1. The Hall–Kier alpha value is -0.0900. The Kier molecular flexibility index (Phi) is 9.84. The molecule has 0 radical (unpaired) electrons. The highest BCUT2D eigenvalue weighted by molar-refractivity contribution is 7.80. The lowest BCUT2D eigenvalue weighted by molar-refractivity contribution is 0.304. The summed E-state index contributed by atoms with van der Waals surface area (Å²) in [6, 6.07) is 7.62. The van der Waals surface area contributed by atoms with Crippen molar-refractivity contribution in [1.82, 2.24) is 0 Å². The first-order valence-electron chi connectivity index (χ1n) is 5.47. The summed E-state index contributed by atoms with van der Waals surface area (Å²) >= 11 is 9.91. The topological polar surface area (TPSA) is 35.2 Å². The van der Waals surface area contributed by atoms with E-state index in [1.807, 2.05) is 24.3 Å². The molecule has 98 valence electrons. The maximum absolute atomic E-state index is 5.77. The molecule has 0 bridgehead atoms. The fraction of sp³-hybridized carbons (Fsp3) is 0.500. The van der Waals surface area contributed by atoms with Gasteiger partial charge < -0.3 is 10.5 Å². The maximum atomic E-state index is 5.77. The molecular formula is C12H19Cl2NOS. The van der Waals surface area contributed by atoms with Gasteiger partial charge in [0.1, 0.15) is 5.75 Å². The van der Waals surface area contributed by atoms with Crippen LogP contribution in [0.3, 0.4) is 0 Å². The summed E-state index contributed by atoms with van der Waals surface area (Å²) in [6.07, 6.45) is 3.10. The van der Waals surface area contributed by atoms with Crippen LogP contribution in [-0.4, -0.2) is 18.4 Å². The largest absolute Gasteiger partial charge is 0.494 e. The van der Waals surface area contributed by atoms with E-state index in [9.17, 15) is 0 Å². The molecule has 1 aromatic carbocycles. The average molecular weight is 296 g/mol. The first kappa shape index (κ1) is 16.9. The van der Waals surface area contributed by atoms with Crippen molar-refractivity contribution in [2.45, 2.75) is 25.3 Å². The molecular weight excluding hydrogens is 277 g/mol. The van der Waals surface area contributed by atoms with Crippen LogP contribution in [0.1, 0.15) is 19.3 Å². The number of hydrogen-bond acceptors (Lipinski definition) is 3. The van der Waals surface area contributed by atoms with Crippen molar-refractivity contribution in [1.29, 1.82) is 0 Å². The molecule has 0 aliphatic heterocycles. The summed E-state index contributed by atoms with van der Waals surface area (Å²) in [6.45, 7) is 0.723. The van der Waals surface area contributed by atoms with Gasteiger partial charge in [-0.1, -0.05) is 11.6 Å². The van der Waals surface area contributed by atoms with E-state index in [4.69, 9.17) is 22.1 Å². The number of halogens is 2. The Morgan fingerprint density at radius 3 is 2.47 bits per heavy atom. The Bertz CT molecular complexity index is 295. The van der Waals surface area contributed by atoms with Gasteiger partial charge in [0.25, 0.3) is 0 Å². The van der Waals surface area contributed by atoms with Crippen LogP contribution in [0.2, 0.25) is 5.02 Å². The molecule has 0 spiro atoms. The van der Waals surface area contributed by atoms with Crippen molar-refractivity contribution in [2.75, 3.05) is 12.4 Å². The molecule has 5 heteroatoms. The molecule has 1 atom stereocenters. The molecule has 0 aliphatic carbocycles. The molecule has 2 nitrogen and oxygen atoms in total. The van der Waals surface area contributed by atoms with Gasteiger partial charge >= 0.3 is 0 Å². The van der Waals surface area contributed by atoms with Crippen molar-refractivity contribution in [3.8, 4) is 5.75 Å². The van der Waals surface area contributed by atoms with Crippen molar-refractivity contribution in [2.24, 2.45) is 5.73 Å². The molecule has 0 amide bonds. The van der Waals surface area contributed by atoms with E-state index in [2.05, 4.69) is 12.6 Å². The van der Waals surface area contributed by atoms with Crippen LogP contribution in [0.25, 0.3) is 0 Å². The van der Waals surface area contributed by atoms with Crippen LogP contribution in [-0.2, 0) is 0 Å². The van der Waals surface area contributed by atoms with Crippen LogP contribution in [0.15, 0.2) is 24.3 Å². The van der Waals surface area contributed by atoms with Gasteiger partial charge in [0.15, 0.2) is 0 Å². The molecule has 2 N–H and O–H groups in total. The smallest absolute Gasteiger partial charge is 0.119 e. The third-order valence-corrected chi connectivity index (χ3v) is 3.01. The molecule has 1 aromatic rings. The minimum atomic E-state index is 0. The zero-order chi connectivity index (χ0) is 11.8. The molecule has 17 heavy (non-hydrogen) atoms. The van der Waals surface area contributed by atoms with E-state index >= 15 is 0 Å². The maximum Gasteiger partial charge on any atom is 0.119 e. The number of benzene rings is 1. The third kappa shape index (κ3) is 7.77. The fourth-order valence-electron chi connectivity index (χ4n) is 1.32. The van der Waals surface area contributed by atoms with Crippen LogP contribution < -0.4 is 10.5 Å². The molecule has 0 heterocycles. The zero-order valence-corrected chi connectivity index (χ0v) is 12.1. The van der Waals surface area contributed by atoms with Gasteiger partial charge in [0.2, 0.25) is 0 Å². The summed E-state index contributed by atoms with van der Waals surface area (Å²) in [4.78, 5) is 0. The van der Waals surface area contributed by atoms with Gasteiger partial charge in [-0.15, -0.1) is 12.4 Å². The summed E-state index contributed by atoms with van der Waals surface area (Å²) in [7, 11) is 0. The van der Waals surface area contributed by atoms with Crippen LogP contribution in [0.5, 0.6) is 5.75 Å². The van der Waals surface area contributed by atoms with Gasteiger partial charge in [-0.3, -0.25) is 0 Å². The van der Waals surface area contributed by atoms with Gasteiger partial charge in [-0.2, -0.15) is 12.6 Å². The monoisotopic (exact) mass is 295 g/mol. The van der Waals surface area contributed by atoms with E-state index < -0.39 is 0 Å². The minimum absolute atomic E-state index is 0. The van der Waals surface area contributed by atoms with Gasteiger partial charge in [-0.25, -0.2) is 0 Å². The van der Waals surface area contributed by atoms with Crippen molar-refractivity contribution < 1.29 is 4.74 Å². The van der Waals surface area contributed by atoms with Crippen LogP contribution >= 0.6 is 36.6 Å². The van der Waals surface area contributed by atoms with Crippen LogP contribution in [0, 0.1) is 0 Å². The SMILES string of the molecule is Cl.N[C@@H](CS)CCCCOc1ccc(Cl)cc1. The van der Waals surface area contributed by atoms with E-state index in [-0.39, 0.29) is 18.4 Å². The molecule has 0 aliphatic rings. The van der Waals surface area contributed by atoms with Gasteiger partial charge in [-0.05, 0) is 43.5 Å². The van der Waals surface area contributed by atoms with E-state index in [1.165, 1.54) is 0 Å². The second-order valence-electron chi connectivity index (χ2n) is 3.74. The Morgan fingerprint density at radius 2 is 1.88 bits per heavy atom. The summed E-state index contributed by atoms with van der Waals surface area (Å²) in [5, 5.41) is 0.729. The second-order valence-corrected chi connectivity index (χ2v) is 4.54. The number of rotatable bonds is 7. The second kappa shape index (κ2) is 9.89. The number of hydrogen-bond donors (Lipinski definition) is 2. The van der Waals surface area contributed by atoms with E-state index in [0.29, 0.717) is 0 Å². The third-order valence-electron chi connectivity index (χ3n) is 2.29. The molecule has 0 saturated carbocycles. The standard InChI is InChI=1S/C12H18ClNOS.ClH/c13-10-4-6-12(7-5-10)15-8-2-1-3-11(14)9-16;/h4-7,11,16H,1-3,8-9,14H2;1H/t11-;/m1./s1. The van der Waals surface area contributed by atoms with Gasteiger partial charge in [0, 0.05) is 16.8 Å². The molecule has 0 fully saturated rings.